The number of hydrogen-bond donors (Lipinski definition) is 3. The summed E-state index contributed by atoms with van der Waals surface area (Å²) in [5, 5.41) is 5.52. The standard InChI is InChI=1S/C17H24N4O4/c1-3-25-17(24)21-10-8-20(9-11-21)12-16(23)19-15-6-4-14(5-7-15)18-13(2)22/h4-7H,3,8-12H2,1-2H3,(H,18,22)(H,19,23)/p+1. The molecule has 1 heterocycles. The summed E-state index contributed by atoms with van der Waals surface area (Å²) in [5.74, 6) is -0.214. The Morgan fingerprint density at radius 3 is 2.16 bits per heavy atom. The first-order chi connectivity index (χ1) is 12.0. The normalized spacial score (nSPS) is 14.7. The lowest BCUT2D eigenvalue weighted by atomic mass is 10.2. The fraction of sp³-hybridized carbons (Fsp3) is 0.471. The molecule has 2 rings (SSSR count). The van der Waals surface area contributed by atoms with E-state index < -0.39 is 0 Å². The van der Waals surface area contributed by atoms with E-state index in [2.05, 4.69) is 10.6 Å². The van der Waals surface area contributed by atoms with Gasteiger partial charge >= 0.3 is 6.09 Å². The molecule has 8 nitrogen and oxygen atoms in total. The van der Waals surface area contributed by atoms with Crippen LogP contribution in [0.2, 0.25) is 0 Å². The summed E-state index contributed by atoms with van der Waals surface area (Å²) >= 11 is 0. The van der Waals surface area contributed by atoms with Gasteiger partial charge < -0.3 is 20.3 Å². The number of ether oxygens (including phenoxy) is 1. The largest absolute Gasteiger partial charge is 0.450 e. The first-order valence-corrected chi connectivity index (χ1v) is 8.40. The van der Waals surface area contributed by atoms with Crippen LogP contribution >= 0.6 is 0 Å². The number of nitrogens with zero attached hydrogens (tertiary/aromatic N) is 1. The van der Waals surface area contributed by atoms with Crippen molar-refractivity contribution >= 4 is 29.3 Å². The van der Waals surface area contributed by atoms with E-state index in [0.717, 1.165) is 4.90 Å². The highest BCUT2D eigenvalue weighted by Gasteiger charge is 2.25. The predicted molar refractivity (Wildman–Crippen MR) is 93.5 cm³/mol. The SMILES string of the molecule is CCOC(=O)N1CC[NH+](CC(=O)Nc2ccc(NC(C)=O)cc2)CC1. The number of carbonyl (C=O) groups excluding carboxylic acids is 3. The van der Waals surface area contributed by atoms with E-state index in [1.165, 1.54) is 6.92 Å². The number of hydrogen-bond acceptors (Lipinski definition) is 4. The highest BCUT2D eigenvalue weighted by Crippen LogP contribution is 2.13. The molecule has 0 aromatic heterocycles. The Morgan fingerprint density at radius 2 is 1.64 bits per heavy atom. The van der Waals surface area contributed by atoms with E-state index >= 15 is 0 Å². The summed E-state index contributed by atoms with van der Waals surface area (Å²) < 4.78 is 4.98. The lowest BCUT2D eigenvalue weighted by Crippen LogP contribution is -3.15. The molecule has 3 amide bonds. The molecule has 0 saturated carbocycles. The monoisotopic (exact) mass is 349 g/mol. The van der Waals surface area contributed by atoms with Crippen molar-refractivity contribution < 1.29 is 24.0 Å². The Morgan fingerprint density at radius 1 is 1.08 bits per heavy atom. The van der Waals surface area contributed by atoms with Crippen LogP contribution in [0, 0.1) is 0 Å². The second kappa shape index (κ2) is 9.03. The Kier molecular flexibility index (Phi) is 6.76. The van der Waals surface area contributed by atoms with Crippen molar-refractivity contribution in [1.29, 1.82) is 0 Å². The Bertz CT molecular complexity index is 610. The molecule has 1 fully saturated rings. The van der Waals surface area contributed by atoms with Crippen molar-refractivity contribution in [3.8, 4) is 0 Å². The Balaban J connectivity index is 1.75. The van der Waals surface area contributed by atoms with Crippen LogP contribution in [-0.2, 0) is 14.3 Å². The maximum absolute atomic E-state index is 12.2. The molecule has 3 N–H and O–H groups in total. The third kappa shape index (κ3) is 6.07. The van der Waals surface area contributed by atoms with Crippen LogP contribution in [0.5, 0.6) is 0 Å². The van der Waals surface area contributed by atoms with Gasteiger partial charge in [-0.3, -0.25) is 14.5 Å². The fourth-order valence-corrected chi connectivity index (χ4v) is 2.67. The summed E-state index contributed by atoms with van der Waals surface area (Å²) in [7, 11) is 0. The van der Waals surface area contributed by atoms with Crippen LogP contribution in [0.3, 0.4) is 0 Å². The highest BCUT2D eigenvalue weighted by molar-refractivity contribution is 5.92. The van der Waals surface area contributed by atoms with Crippen molar-refractivity contribution in [2.75, 3.05) is 50.0 Å². The average Bonchev–Trinajstić information content (AvgIpc) is 2.57. The molecule has 1 aromatic carbocycles. The van der Waals surface area contributed by atoms with Crippen LogP contribution in [-0.4, -0.2) is 62.1 Å². The molecule has 0 atom stereocenters. The van der Waals surface area contributed by atoms with Crippen molar-refractivity contribution in [3.63, 3.8) is 0 Å². The molecule has 1 aliphatic heterocycles. The Labute approximate surface area is 147 Å². The molecule has 1 saturated heterocycles. The van der Waals surface area contributed by atoms with E-state index in [9.17, 15) is 14.4 Å². The van der Waals surface area contributed by atoms with E-state index in [4.69, 9.17) is 4.74 Å². The smallest absolute Gasteiger partial charge is 0.410 e. The second-order valence-electron chi connectivity index (χ2n) is 5.92. The summed E-state index contributed by atoms with van der Waals surface area (Å²) in [4.78, 5) is 37.6. The first kappa shape index (κ1) is 18.7. The van der Waals surface area contributed by atoms with Gasteiger partial charge in [0, 0.05) is 18.3 Å². The van der Waals surface area contributed by atoms with Crippen molar-refractivity contribution in [3.05, 3.63) is 24.3 Å². The highest BCUT2D eigenvalue weighted by atomic mass is 16.6. The number of nitrogens with one attached hydrogen (secondary N) is 3. The molecule has 1 aromatic rings. The zero-order valence-corrected chi connectivity index (χ0v) is 14.6. The topological polar surface area (TPSA) is 92.2 Å². The number of quaternary nitrogens is 1. The van der Waals surface area contributed by atoms with Gasteiger partial charge in [-0.15, -0.1) is 0 Å². The van der Waals surface area contributed by atoms with Gasteiger partial charge in [-0.2, -0.15) is 0 Å². The van der Waals surface area contributed by atoms with Gasteiger partial charge in [0.2, 0.25) is 5.91 Å². The minimum atomic E-state index is -0.287. The van der Waals surface area contributed by atoms with E-state index in [-0.39, 0.29) is 17.9 Å². The summed E-state index contributed by atoms with van der Waals surface area (Å²) in [6.07, 6.45) is -0.287. The number of anilines is 2. The minimum Gasteiger partial charge on any atom is -0.450 e. The lowest BCUT2D eigenvalue weighted by Gasteiger charge is -2.31. The first-order valence-electron chi connectivity index (χ1n) is 8.40. The minimum absolute atomic E-state index is 0.0770. The molecule has 0 bridgehead atoms. The molecule has 1 aliphatic rings. The molecular weight excluding hydrogens is 324 g/mol. The predicted octanol–water partition coefficient (Wildman–Crippen LogP) is -0.0595. The molecule has 25 heavy (non-hydrogen) atoms. The third-order valence-electron chi connectivity index (χ3n) is 3.90. The number of carbonyl (C=O) groups is 3. The van der Waals surface area contributed by atoms with Crippen molar-refractivity contribution in [1.82, 2.24) is 4.90 Å². The number of benzene rings is 1. The van der Waals surface area contributed by atoms with Gasteiger partial charge in [-0.1, -0.05) is 0 Å². The molecular formula is C17H25N4O4+. The summed E-state index contributed by atoms with van der Waals surface area (Å²) in [5.41, 5.74) is 1.37. The van der Waals surface area contributed by atoms with E-state index in [1.807, 2.05) is 0 Å². The molecule has 0 spiro atoms. The van der Waals surface area contributed by atoms with E-state index in [1.54, 1.807) is 36.1 Å². The summed E-state index contributed by atoms with van der Waals surface area (Å²) in [6, 6.07) is 6.97. The van der Waals surface area contributed by atoms with Crippen LogP contribution in [0.1, 0.15) is 13.8 Å². The van der Waals surface area contributed by atoms with Crippen molar-refractivity contribution in [2.45, 2.75) is 13.8 Å². The number of rotatable bonds is 5. The summed E-state index contributed by atoms with van der Waals surface area (Å²) in [6.45, 7) is 6.56. The van der Waals surface area contributed by atoms with Gasteiger partial charge in [-0.05, 0) is 31.2 Å². The van der Waals surface area contributed by atoms with Crippen molar-refractivity contribution in [2.24, 2.45) is 0 Å². The van der Waals surface area contributed by atoms with E-state index in [0.29, 0.717) is 50.7 Å². The quantitative estimate of drug-likeness (QED) is 0.694. The maximum atomic E-state index is 12.2. The molecule has 8 heteroatoms. The molecule has 0 unspecified atom stereocenters. The number of piperazine rings is 1. The average molecular weight is 349 g/mol. The van der Waals surface area contributed by atoms with Crippen LogP contribution in [0.15, 0.2) is 24.3 Å². The Hall–Kier alpha value is -2.61. The van der Waals surface area contributed by atoms with Gasteiger partial charge in [0.15, 0.2) is 6.54 Å². The zero-order chi connectivity index (χ0) is 18.2. The van der Waals surface area contributed by atoms with Gasteiger partial charge in [0.1, 0.15) is 0 Å². The zero-order valence-electron chi connectivity index (χ0n) is 14.6. The second-order valence-corrected chi connectivity index (χ2v) is 5.92. The third-order valence-corrected chi connectivity index (χ3v) is 3.90. The van der Waals surface area contributed by atoms with Gasteiger partial charge in [-0.25, -0.2) is 4.79 Å². The number of amides is 3. The van der Waals surface area contributed by atoms with Crippen LogP contribution in [0.4, 0.5) is 16.2 Å². The molecule has 136 valence electrons. The fourth-order valence-electron chi connectivity index (χ4n) is 2.67. The van der Waals surface area contributed by atoms with Crippen LogP contribution < -0.4 is 15.5 Å². The van der Waals surface area contributed by atoms with Crippen LogP contribution in [0.25, 0.3) is 0 Å². The van der Waals surface area contributed by atoms with Gasteiger partial charge in [0.05, 0.1) is 32.8 Å². The molecule has 0 radical (unpaired) electrons. The molecule has 0 aliphatic carbocycles. The maximum Gasteiger partial charge on any atom is 0.410 e. The van der Waals surface area contributed by atoms with Gasteiger partial charge in [0.25, 0.3) is 5.91 Å². The lowest BCUT2D eigenvalue weighted by molar-refractivity contribution is -0.895.